The van der Waals surface area contributed by atoms with Gasteiger partial charge in [-0.2, -0.15) is 0 Å². The van der Waals surface area contributed by atoms with Crippen molar-refractivity contribution in [2.45, 2.75) is 19.6 Å². The van der Waals surface area contributed by atoms with Crippen LogP contribution in [0, 0.1) is 20.2 Å². The summed E-state index contributed by atoms with van der Waals surface area (Å²) in [5.41, 5.74) is -1.97. The molecule has 0 amide bonds. The van der Waals surface area contributed by atoms with Crippen molar-refractivity contribution in [3.63, 3.8) is 0 Å². The van der Waals surface area contributed by atoms with Crippen LogP contribution in [0.1, 0.15) is 13.8 Å². The van der Waals surface area contributed by atoms with E-state index >= 15 is 0 Å². The minimum atomic E-state index is -1.43. The maximum atomic E-state index is 11.8. The molecule has 26 heavy (non-hydrogen) atoms. The largest absolute Gasteiger partial charge is 0.485 e. The Labute approximate surface area is 145 Å². The molecule has 0 aliphatic carbocycles. The van der Waals surface area contributed by atoms with Crippen molar-refractivity contribution in [3.05, 3.63) is 44.1 Å². The highest BCUT2D eigenvalue weighted by atomic mass is 16.7. The quantitative estimate of drug-likeness (QED) is 0.266. The van der Waals surface area contributed by atoms with E-state index in [9.17, 15) is 29.8 Å². The van der Waals surface area contributed by atoms with Gasteiger partial charge >= 0.3 is 23.3 Å². The number of nitrogens with one attached hydrogen (secondary N) is 1. The van der Waals surface area contributed by atoms with Crippen LogP contribution < -0.4 is 10.1 Å². The van der Waals surface area contributed by atoms with Gasteiger partial charge in [0, 0.05) is 32.2 Å². The highest BCUT2D eigenvalue weighted by Gasteiger charge is 2.39. The van der Waals surface area contributed by atoms with Crippen LogP contribution in [0.4, 0.5) is 17.1 Å². The molecule has 2 rings (SSSR count). The Hall–Kier alpha value is -3.70. The first-order valence-corrected chi connectivity index (χ1v) is 7.00. The maximum absolute atomic E-state index is 11.8. The fraction of sp³-hybridized carbons (Fsp3) is 0.286. The van der Waals surface area contributed by atoms with E-state index in [0.717, 1.165) is 25.4 Å². The topological polar surface area (TPSA) is 160 Å². The fourth-order valence-corrected chi connectivity index (χ4v) is 2.10. The van der Waals surface area contributed by atoms with Crippen molar-refractivity contribution < 1.29 is 33.6 Å². The number of nitrogens with zero attached hydrogens (tertiary/aromatic N) is 2. The minimum absolute atomic E-state index is 0.123. The van der Waals surface area contributed by atoms with Gasteiger partial charge in [-0.1, -0.05) is 0 Å². The lowest BCUT2D eigenvalue weighted by molar-refractivity contribution is -0.395. The summed E-state index contributed by atoms with van der Waals surface area (Å²) in [6, 6.07) is 1.90. The van der Waals surface area contributed by atoms with Gasteiger partial charge in [-0.05, 0) is 0 Å². The Morgan fingerprint density at radius 1 is 1.08 bits per heavy atom. The number of ether oxygens (including phenoxy) is 3. The molecule has 0 radical (unpaired) electrons. The van der Waals surface area contributed by atoms with Crippen LogP contribution in [0.3, 0.4) is 0 Å². The molecule has 1 aliphatic rings. The van der Waals surface area contributed by atoms with Crippen LogP contribution in [-0.2, 0) is 19.1 Å². The number of carbonyl (C=O) groups excluding carboxylic acids is 2. The predicted octanol–water partition coefficient (Wildman–Crippen LogP) is 1.64. The van der Waals surface area contributed by atoms with E-state index in [-0.39, 0.29) is 5.69 Å². The molecule has 1 heterocycles. The van der Waals surface area contributed by atoms with Crippen molar-refractivity contribution in [2.24, 2.45) is 0 Å². The molecule has 138 valence electrons. The van der Waals surface area contributed by atoms with Crippen LogP contribution in [0.25, 0.3) is 0 Å². The van der Waals surface area contributed by atoms with Gasteiger partial charge < -0.3 is 19.5 Å². The fourth-order valence-electron chi connectivity index (χ4n) is 2.10. The van der Waals surface area contributed by atoms with Crippen molar-refractivity contribution in [3.8, 4) is 5.75 Å². The number of nitro benzene ring substituents is 2. The zero-order chi connectivity index (χ0) is 19.6. The third kappa shape index (κ3) is 3.68. The second-order valence-electron chi connectivity index (χ2n) is 5.44. The minimum Gasteiger partial charge on any atom is -0.485 e. The molecule has 1 fully saturated rings. The Morgan fingerprint density at radius 3 is 1.92 bits per heavy atom. The Bertz CT molecular complexity index is 787. The van der Waals surface area contributed by atoms with Crippen LogP contribution in [0.15, 0.2) is 23.9 Å². The monoisotopic (exact) mass is 367 g/mol. The molecule has 0 spiro atoms. The zero-order valence-electron chi connectivity index (χ0n) is 13.8. The highest BCUT2D eigenvalue weighted by Crippen LogP contribution is 2.39. The van der Waals surface area contributed by atoms with Gasteiger partial charge in [0.2, 0.25) is 0 Å². The van der Waals surface area contributed by atoms with Crippen LogP contribution >= 0.6 is 0 Å². The summed E-state index contributed by atoms with van der Waals surface area (Å²) in [6.45, 7) is 2.73. The first-order chi connectivity index (χ1) is 12.1. The number of rotatable bonds is 5. The van der Waals surface area contributed by atoms with Gasteiger partial charge in [0.1, 0.15) is 0 Å². The average Bonchev–Trinajstić information content (AvgIpc) is 2.51. The molecule has 0 bridgehead atoms. The van der Waals surface area contributed by atoms with E-state index in [2.05, 4.69) is 5.32 Å². The number of benzene rings is 1. The van der Waals surface area contributed by atoms with Gasteiger partial charge in [0.15, 0.2) is 5.57 Å². The number of anilines is 1. The number of methoxy groups -OCH3 is 1. The number of cyclic esters (lactones) is 2. The lowest BCUT2D eigenvalue weighted by Crippen LogP contribution is -2.42. The molecule has 0 atom stereocenters. The smallest absolute Gasteiger partial charge is 0.350 e. The molecule has 1 aliphatic heterocycles. The molecule has 0 aromatic heterocycles. The SMILES string of the molecule is COc1c([N+](=O)[O-])cc(NC=C2C(=O)OC(C)(C)OC2=O)cc1[N+](=O)[O-]. The third-order valence-corrected chi connectivity index (χ3v) is 3.15. The molecular formula is C14H13N3O9. The lowest BCUT2D eigenvalue weighted by Gasteiger charge is -2.29. The van der Waals surface area contributed by atoms with E-state index in [1.54, 1.807) is 0 Å². The number of hydrogen-bond donors (Lipinski definition) is 1. The molecule has 1 saturated heterocycles. The molecule has 12 heteroatoms. The number of esters is 2. The maximum Gasteiger partial charge on any atom is 0.350 e. The molecular weight excluding hydrogens is 354 g/mol. The van der Waals surface area contributed by atoms with Gasteiger partial charge in [-0.25, -0.2) is 9.59 Å². The van der Waals surface area contributed by atoms with E-state index in [1.165, 1.54) is 13.8 Å². The zero-order valence-corrected chi connectivity index (χ0v) is 13.8. The second kappa shape index (κ2) is 6.66. The summed E-state index contributed by atoms with van der Waals surface area (Å²) in [7, 11) is 1.06. The summed E-state index contributed by atoms with van der Waals surface area (Å²) >= 11 is 0. The lowest BCUT2D eigenvalue weighted by atomic mass is 10.2. The van der Waals surface area contributed by atoms with Crippen molar-refractivity contribution in [1.82, 2.24) is 0 Å². The van der Waals surface area contributed by atoms with Gasteiger partial charge in [0.05, 0.1) is 22.6 Å². The Kier molecular flexibility index (Phi) is 4.77. The van der Waals surface area contributed by atoms with Crippen molar-refractivity contribution in [1.29, 1.82) is 0 Å². The molecule has 1 aromatic rings. The van der Waals surface area contributed by atoms with E-state index < -0.39 is 50.3 Å². The first-order valence-electron chi connectivity index (χ1n) is 7.00. The summed E-state index contributed by atoms with van der Waals surface area (Å²) in [6.07, 6.45) is 0.884. The normalized spacial score (nSPS) is 15.6. The van der Waals surface area contributed by atoms with Crippen molar-refractivity contribution in [2.75, 3.05) is 12.4 Å². The summed E-state index contributed by atoms with van der Waals surface area (Å²) in [5.74, 6) is -3.91. The van der Waals surface area contributed by atoms with Crippen LogP contribution in [0.2, 0.25) is 0 Å². The molecule has 0 saturated carbocycles. The second-order valence-corrected chi connectivity index (χ2v) is 5.44. The predicted molar refractivity (Wildman–Crippen MR) is 84.3 cm³/mol. The van der Waals surface area contributed by atoms with E-state index in [1.807, 2.05) is 0 Å². The van der Waals surface area contributed by atoms with E-state index in [0.29, 0.717) is 0 Å². The summed E-state index contributed by atoms with van der Waals surface area (Å²) in [4.78, 5) is 44.1. The number of nitro groups is 2. The molecule has 1 aromatic carbocycles. The van der Waals surface area contributed by atoms with Gasteiger partial charge in [-0.3, -0.25) is 20.2 Å². The molecule has 1 N–H and O–H groups in total. The first kappa shape index (κ1) is 18.6. The number of hydrogen-bond acceptors (Lipinski definition) is 10. The number of carbonyl (C=O) groups is 2. The van der Waals surface area contributed by atoms with Gasteiger partial charge in [-0.15, -0.1) is 0 Å². The van der Waals surface area contributed by atoms with Gasteiger partial charge in [0.25, 0.3) is 11.5 Å². The Balaban J connectivity index is 2.41. The van der Waals surface area contributed by atoms with Crippen molar-refractivity contribution >= 4 is 29.0 Å². The molecule has 12 nitrogen and oxygen atoms in total. The van der Waals surface area contributed by atoms with Crippen LogP contribution in [-0.4, -0.2) is 34.7 Å². The highest BCUT2D eigenvalue weighted by molar-refractivity contribution is 6.15. The standard InChI is InChI=1S/C14H13N3O9/c1-14(2)25-12(18)8(13(19)26-14)6-15-7-4-9(16(20)21)11(24-3)10(5-7)17(22)23/h4-6,15H,1-3H3. The Morgan fingerprint density at radius 2 is 1.54 bits per heavy atom. The average molecular weight is 367 g/mol. The third-order valence-electron chi connectivity index (χ3n) is 3.15. The van der Waals surface area contributed by atoms with Crippen LogP contribution in [0.5, 0.6) is 5.75 Å². The molecule has 0 unspecified atom stereocenters. The summed E-state index contributed by atoms with van der Waals surface area (Å²) in [5, 5.41) is 24.6. The van der Waals surface area contributed by atoms with E-state index in [4.69, 9.17) is 14.2 Å². The summed E-state index contributed by atoms with van der Waals surface area (Å²) < 4.78 is 14.5.